The Bertz CT molecular complexity index is 2300. The number of carbonyl (C=O) groups is 1. The number of fused-ring (bicyclic) bond motifs is 3. The zero-order valence-corrected chi connectivity index (χ0v) is 31.5. The number of ether oxygens (including phenoxy) is 1. The standard InChI is InChI=1S/C25H26Cl2N6O15P4/c1-25(2)14-7-12(3-5-16(14)32-17-8-15(26)22(34)20(27)19(17)25)45-50(37,38)47-52(41,42)48-51(39,40)46-49(35,36)43-9-13-4-6-18(44-13)33-11-31-21-23(28)29-10-30-24(21)33/h3,5,7-8,10-11,13,18H,4,6,9H2,1-2H3,(H,35,36)(H,37,38)(H,39,40)(H,41,42)(H2,28,29,30)/t13-,18?/m0/s1. The van der Waals surface area contributed by atoms with Crippen molar-refractivity contribution >= 4 is 88.7 Å². The molecule has 2 aromatic heterocycles. The molecule has 6 atom stereocenters. The van der Waals surface area contributed by atoms with E-state index in [4.69, 9.17) is 42.7 Å². The van der Waals surface area contributed by atoms with E-state index in [0.717, 1.165) is 6.07 Å². The number of phosphoric ester groups is 2. The molecule has 1 fully saturated rings. The number of ketones is 1. The van der Waals surface area contributed by atoms with Crippen LogP contribution in [-0.2, 0) is 50.7 Å². The topological polar surface area (TPSA) is 304 Å². The Labute approximate surface area is 302 Å². The van der Waals surface area contributed by atoms with Gasteiger partial charge in [-0.3, -0.25) is 18.8 Å². The molecule has 0 spiro atoms. The third kappa shape index (κ3) is 8.20. The number of Topliss-reactive ketones (excluding diaryl/α,β-unsaturated/α-hetero) is 1. The van der Waals surface area contributed by atoms with Crippen molar-refractivity contribution in [1.29, 1.82) is 0 Å². The predicted octanol–water partition coefficient (Wildman–Crippen LogP) is 5.20. The number of aromatic nitrogens is 4. The molecule has 3 aliphatic rings. The van der Waals surface area contributed by atoms with Crippen LogP contribution in [0.15, 0.2) is 57.6 Å². The molecule has 2 aliphatic heterocycles. The maximum atomic E-state index is 12.7. The number of hydrogen-bond acceptors (Lipinski definition) is 16. The number of aliphatic imine (C=N–C) groups is 1. The molecule has 0 saturated carbocycles. The van der Waals surface area contributed by atoms with E-state index in [1.54, 1.807) is 18.4 Å². The third-order valence-corrected chi connectivity index (χ3v) is 14.2. The van der Waals surface area contributed by atoms with E-state index in [0.29, 0.717) is 40.1 Å². The van der Waals surface area contributed by atoms with Crippen LogP contribution in [0.25, 0.3) is 11.2 Å². The highest BCUT2D eigenvalue weighted by Crippen LogP contribution is 2.71. The second kappa shape index (κ2) is 13.9. The highest BCUT2D eigenvalue weighted by atomic mass is 35.5. The SMILES string of the molecule is CC1(C)C2=C(Cl)C(=O)C(Cl)=CC2=Nc2ccc(OP(=O)(O)OP(=O)(O)OP(=O)(O)OP(=O)(O)OC[C@@H]3CCC(n4cnc5c(N)ncnc54)O3)cc21. The molecule has 0 radical (unpaired) electrons. The van der Waals surface area contributed by atoms with Crippen LogP contribution >= 0.6 is 54.5 Å². The summed E-state index contributed by atoms with van der Waals surface area (Å²) in [6.45, 7) is 2.68. The van der Waals surface area contributed by atoms with Gasteiger partial charge in [-0.1, -0.05) is 37.0 Å². The van der Waals surface area contributed by atoms with E-state index in [1.807, 2.05) is 0 Å². The summed E-state index contributed by atoms with van der Waals surface area (Å²) in [5, 5.41) is -0.345. The second-order valence-electron chi connectivity index (χ2n) is 11.7. The Balaban J connectivity index is 1.06. The Hall–Kier alpha value is -2.67. The number of hydrogen-bond donors (Lipinski definition) is 5. The number of nitrogens with zero attached hydrogens (tertiary/aromatic N) is 5. The van der Waals surface area contributed by atoms with E-state index >= 15 is 0 Å². The normalized spacial score (nSPS) is 24.5. The Morgan fingerprint density at radius 2 is 1.65 bits per heavy atom. The van der Waals surface area contributed by atoms with Crippen LogP contribution in [-0.4, -0.2) is 63.3 Å². The zero-order chi connectivity index (χ0) is 38.0. The van der Waals surface area contributed by atoms with Crippen molar-refractivity contribution < 1.29 is 69.3 Å². The number of halogens is 2. The molecular formula is C25H26Cl2N6O15P4. The first kappa shape index (κ1) is 39.0. The molecule has 27 heteroatoms. The van der Waals surface area contributed by atoms with Crippen molar-refractivity contribution in [3.05, 3.63) is 58.1 Å². The maximum absolute atomic E-state index is 12.7. The van der Waals surface area contributed by atoms with Gasteiger partial charge in [0.15, 0.2) is 11.5 Å². The number of nitrogens with two attached hydrogens (primary N) is 1. The Morgan fingerprint density at radius 1 is 0.981 bits per heavy atom. The fourth-order valence-electron chi connectivity index (χ4n) is 5.57. The summed E-state index contributed by atoms with van der Waals surface area (Å²) in [7, 11) is -23.3. The van der Waals surface area contributed by atoms with Gasteiger partial charge in [0.25, 0.3) is 0 Å². The number of phosphoric acid groups is 4. The van der Waals surface area contributed by atoms with Crippen LogP contribution in [0.2, 0.25) is 0 Å². The summed E-state index contributed by atoms with van der Waals surface area (Å²) in [5.74, 6) is -0.916. The van der Waals surface area contributed by atoms with Gasteiger partial charge < -0.3 is 29.7 Å². The first-order valence-electron chi connectivity index (χ1n) is 14.5. The number of carbonyl (C=O) groups excluding carboxylic acids is 1. The number of nitrogen functional groups attached to an aromatic ring is 1. The van der Waals surface area contributed by atoms with Crippen LogP contribution < -0.4 is 10.3 Å². The fraction of sp³-hybridized carbons (Fsp3) is 0.320. The molecule has 6 N–H and O–H groups in total. The fourth-order valence-corrected chi connectivity index (χ4v) is 11.2. The molecule has 1 saturated heterocycles. The highest BCUT2D eigenvalue weighted by Gasteiger charge is 2.47. The molecule has 5 unspecified atom stereocenters. The molecule has 3 aromatic rings. The van der Waals surface area contributed by atoms with Gasteiger partial charge >= 0.3 is 31.3 Å². The van der Waals surface area contributed by atoms with Gasteiger partial charge in [0.05, 0.1) is 40.5 Å². The molecule has 21 nitrogen and oxygen atoms in total. The third-order valence-electron chi connectivity index (χ3n) is 7.71. The van der Waals surface area contributed by atoms with Crippen LogP contribution in [0.4, 0.5) is 11.5 Å². The molecular weight excluding hydrogens is 819 g/mol. The minimum absolute atomic E-state index is 0.143. The van der Waals surface area contributed by atoms with E-state index in [9.17, 15) is 42.6 Å². The molecule has 4 heterocycles. The van der Waals surface area contributed by atoms with Gasteiger partial charge in [0, 0.05) is 11.0 Å². The van der Waals surface area contributed by atoms with Crippen LogP contribution in [0, 0.1) is 0 Å². The van der Waals surface area contributed by atoms with Crippen molar-refractivity contribution in [2.45, 2.75) is 44.4 Å². The van der Waals surface area contributed by atoms with Crippen LogP contribution in [0.5, 0.6) is 5.75 Å². The molecule has 1 aromatic carbocycles. The van der Waals surface area contributed by atoms with Gasteiger partial charge in [0.1, 0.15) is 23.8 Å². The van der Waals surface area contributed by atoms with Gasteiger partial charge in [-0.25, -0.2) is 38.2 Å². The van der Waals surface area contributed by atoms with Crippen molar-refractivity contribution in [2.24, 2.45) is 4.99 Å². The predicted molar refractivity (Wildman–Crippen MR) is 180 cm³/mol. The minimum atomic E-state index is -6.07. The average Bonchev–Trinajstić information content (AvgIpc) is 3.65. The Kier molecular flexibility index (Phi) is 10.4. The molecule has 280 valence electrons. The smallest absolute Gasteiger partial charge is 0.404 e. The summed E-state index contributed by atoms with van der Waals surface area (Å²) in [6.07, 6.45) is 3.15. The first-order valence-corrected chi connectivity index (χ1v) is 21.2. The zero-order valence-electron chi connectivity index (χ0n) is 26.4. The molecule has 1 aliphatic carbocycles. The first-order chi connectivity index (χ1) is 24.1. The van der Waals surface area contributed by atoms with Crippen LogP contribution in [0.3, 0.4) is 0 Å². The second-order valence-corrected chi connectivity index (χ2v) is 18.6. The minimum Gasteiger partial charge on any atom is -0.404 e. The van der Waals surface area contributed by atoms with Crippen molar-refractivity contribution in [3.63, 3.8) is 0 Å². The van der Waals surface area contributed by atoms with Gasteiger partial charge in [-0.15, -0.1) is 0 Å². The summed E-state index contributed by atoms with van der Waals surface area (Å²) in [4.78, 5) is 69.1. The number of benzene rings is 1. The van der Waals surface area contributed by atoms with E-state index in [2.05, 4.69) is 32.9 Å². The monoisotopic (exact) mass is 844 g/mol. The maximum Gasteiger partial charge on any atom is 0.536 e. The molecule has 6 rings (SSSR count). The van der Waals surface area contributed by atoms with Gasteiger partial charge in [-0.2, -0.15) is 12.9 Å². The van der Waals surface area contributed by atoms with E-state index < -0.39 is 67.2 Å². The Morgan fingerprint density at radius 3 is 2.37 bits per heavy atom. The van der Waals surface area contributed by atoms with Crippen molar-refractivity contribution in [1.82, 2.24) is 19.5 Å². The lowest BCUT2D eigenvalue weighted by atomic mass is 9.71. The lowest BCUT2D eigenvalue weighted by molar-refractivity contribution is -0.111. The number of rotatable bonds is 12. The molecule has 0 bridgehead atoms. The summed E-state index contributed by atoms with van der Waals surface area (Å²) < 4.78 is 79.1. The van der Waals surface area contributed by atoms with Gasteiger partial charge in [0.2, 0.25) is 5.78 Å². The lowest BCUT2D eigenvalue weighted by Gasteiger charge is -2.36. The van der Waals surface area contributed by atoms with E-state index in [1.165, 1.54) is 30.9 Å². The number of anilines is 1. The summed E-state index contributed by atoms with van der Waals surface area (Å²) in [6, 6.07) is 3.71. The summed E-state index contributed by atoms with van der Waals surface area (Å²) in [5.41, 5.74) is 6.73. The molecule has 0 amide bonds. The van der Waals surface area contributed by atoms with Gasteiger partial charge in [-0.05, 0) is 42.7 Å². The number of imidazole rings is 1. The van der Waals surface area contributed by atoms with E-state index in [-0.39, 0.29) is 22.3 Å². The van der Waals surface area contributed by atoms with Crippen LogP contribution in [0.1, 0.15) is 38.5 Å². The number of allylic oxidation sites excluding steroid dienone is 4. The highest BCUT2D eigenvalue weighted by molar-refractivity contribution is 7.69. The molecule has 52 heavy (non-hydrogen) atoms. The van der Waals surface area contributed by atoms with Crippen molar-refractivity contribution in [3.8, 4) is 5.75 Å². The summed E-state index contributed by atoms with van der Waals surface area (Å²) >= 11 is 12.3. The van der Waals surface area contributed by atoms with Crippen molar-refractivity contribution in [2.75, 3.05) is 12.3 Å². The quantitative estimate of drug-likeness (QED) is 0.116. The largest absolute Gasteiger partial charge is 0.536 e. The average molecular weight is 845 g/mol. The lowest BCUT2D eigenvalue weighted by Crippen LogP contribution is -2.32.